The molecule has 0 unspecified atom stereocenters. The summed E-state index contributed by atoms with van der Waals surface area (Å²) in [4.78, 5) is 0. The molecule has 116 valence electrons. The summed E-state index contributed by atoms with van der Waals surface area (Å²) in [5, 5.41) is 9.66. The van der Waals surface area contributed by atoms with E-state index in [1.54, 1.807) is 0 Å². The Kier molecular flexibility index (Phi) is 6.06. The topological polar surface area (TPSA) is 20.2 Å². The van der Waals surface area contributed by atoms with Gasteiger partial charge in [0.15, 0.2) is 0 Å². The number of alkyl halides is 3. The molecular formula is C17H21F3O. The predicted molar refractivity (Wildman–Crippen MR) is 79.2 cm³/mol. The van der Waals surface area contributed by atoms with Crippen LogP contribution in [0, 0.1) is 0 Å². The average Bonchev–Trinajstić information content (AvgIpc) is 2.36. The normalized spacial score (nSPS) is 12.4. The third-order valence-corrected chi connectivity index (χ3v) is 3.17. The average molecular weight is 298 g/mol. The van der Waals surface area contributed by atoms with Crippen LogP contribution in [0.15, 0.2) is 41.5 Å². The Bertz CT molecular complexity index is 535. The number of benzene rings is 1. The zero-order valence-electron chi connectivity index (χ0n) is 12.6. The Hall–Kier alpha value is -1.71. The minimum absolute atomic E-state index is 0.101. The van der Waals surface area contributed by atoms with Gasteiger partial charge in [0.1, 0.15) is 5.75 Å². The molecule has 1 rings (SSSR count). The molecule has 0 bridgehead atoms. The van der Waals surface area contributed by atoms with E-state index < -0.39 is 11.7 Å². The summed E-state index contributed by atoms with van der Waals surface area (Å²) in [7, 11) is 0. The van der Waals surface area contributed by atoms with Crippen LogP contribution in [-0.4, -0.2) is 5.11 Å². The molecule has 0 atom stereocenters. The van der Waals surface area contributed by atoms with Crippen LogP contribution in [0.1, 0.15) is 44.7 Å². The van der Waals surface area contributed by atoms with Gasteiger partial charge in [0.05, 0.1) is 5.56 Å². The van der Waals surface area contributed by atoms with E-state index in [-0.39, 0.29) is 5.75 Å². The third kappa shape index (κ3) is 6.06. The van der Waals surface area contributed by atoms with E-state index in [0.717, 1.165) is 36.6 Å². The first-order valence-electron chi connectivity index (χ1n) is 6.88. The molecule has 0 amide bonds. The third-order valence-electron chi connectivity index (χ3n) is 3.17. The predicted octanol–water partition coefficient (Wildman–Crippen LogP) is 5.65. The monoisotopic (exact) mass is 298 g/mol. The van der Waals surface area contributed by atoms with Crippen LogP contribution >= 0.6 is 0 Å². The largest absolute Gasteiger partial charge is 0.508 e. The summed E-state index contributed by atoms with van der Waals surface area (Å²) in [6.45, 7) is 6.00. The van der Waals surface area contributed by atoms with Gasteiger partial charge in [-0.05, 0) is 63.8 Å². The minimum atomic E-state index is -4.38. The van der Waals surface area contributed by atoms with Crippen molar-refractivity contribution in [2.45, 2.75) is 46.2 Å². The second-order valence-electron chi connectivity index (χ2n) is 5.42. The molecule has 4 heteroatoms. The number of phenols is 1. The molecular weight excluding hydrogens is 277 g/mol. The van der Waals surface area contributed by atoms with Gasteiger partial charge in [-0.15, -0.1) is 0 Å². The van der Waals surface area contributed by atoms with Crippen molar-refractivity contribution in [3.8, 4) is 5.75 Å². The molecule has 0 heterocycles. The van der Waals surface area contributed by atoms with Gasteiger partial charge in [-0.25, -0.2) is 0 Å². The molecule has 0 fully saturated rings. The van der Waals surface area contributed by atoms with Gasteiger partial charge in [0.2, 0.25) is 0 Å². The fourth-order valence-corrected chi connectivity index (χ4v) is 1.90. The molecule has 1 aromatic rings. The van der Waals surface area contributed by atoms with Crippen LogP contribution in [0.3, 0.4) is 0 Å². The zero-order chi connectivity index (χ0) is 16.0. The summed E-state index contributed by atoms with van der Waals surface area (Å²) in [6.07, 6.45) is 1.69. The first kappa shape index (κ1) is 17.3. The van der Waals surface area contributed by atoms with Crippen molar-refractivity contribution >= 4 is 0 Å². The fourth-order valence-electron chi connectivity index (χ4n) is 1.90. The van der Waals surface area contributed by atoms with Crippen molar-refractivity contribution in [1.29, 1.82) is 0 Å². The summed E-state index contributed by atoms with van der Waals surface area (Å²) in [5.74, 6) is -0.101. The van der Waals surface area contributed by atoms with Crippen LogP contribution in [0.5, 0.6) is 5.75 Å². The van der Waals surface area contributed by atoms with Crippen molar-refractivity contribution in [3.05, 3.63) is 52.6 Å². The van der Waals surface area contributed by atoms with Crippen molar-refractivity contribution < 1.29 is 18.3 Å². The quantitative estimate of drug-likeness (QED) is 0.697. The Balaban J connectivity index is 2.76. The number of rotatable bonds is 5. The number of allylic oxidation sites excluding steroid dienone is 4. The number of hydrogen-bond donors (Lipinski definition) is 1. The maximum Gasteiger partial charge on any atom is 0.416 e. The molecule has 21 heavy (non-hydrogen) atoms. The van der Waals surface area contributed by atoms with Gasteiger partial charge < -0.3 is 5.11 Å². The summed E-state index contributed by atoms with van der Waals surface area (Å²) < 4.78 is 37.9. The van der Waals surface area contributed by atoms with Gasteiger partial charge >= 0.3 is 6.18 Å². The summed E-state index contributed by atoms with van der Waals surface area (Å²) >= 11 is 0. The molecule has 0 aliphatic heterocycles. The van der Waals surface area contributed by atoms with Crippen molar-refractivity contribution in [2.75, 3.05) is 0 Å². The van der Waals surface area contributed by atoms with Gasteiger partial charge in [0.25, 0.3) is 0 Å². The second-order valence-corrected chi connectivity index (χ2v) is 5.42. The molecule has 1 N–H and O–H groups in total. The highest BCUT2D eigenvalue weighted by atomic mass is 19.4. The van der Waals surface area contributed by atoms with Crippen LogP contribution in [-0.2, 0) is 12.6 Å². The number of hydrogen-bond acceptors (Lipinski definition) is 1. The SMILES string of the molecule is CC(C)=CCC/C(C)=C/Cc1cc(C(F)(F)F)ccc1O. The lowest BCUT2D eigenvalue weighted by molar-refractivity contribution is -0.137. The standard InChI is InChI=1S/C17H21F3O/c1-12(2)5-4-6-13(3)7-8-14-11-15(17(18,19)20)9-10-16(14)21/h5,7,9-11,21H,4,6,8H2,1-3H3/b13-7+. The van der Waals surface area contributed by atoms with Crippen LogP contribution in [0.4, 0.5) is 13.2 Å². The Morgan fingerprint density at radius 2 is 1.81 bits per heavy atom. The molecule has 1 nitrogen and oxygen atoms in total. The lowest BCUT2D eigenvalue weighted by Gasteiger charge is -2.09. The molecule has 0 aliphatic rings. The highest BCUT2D eigenvalue weighted by Gasteiger charge is 2.30. The molecule has 0 saturated heterocycles. The van der Waals surface area contributed by atoms with E-state index in [9.17, 15) is 18.3 Å². The Morgan fingerprint density at radius 3 is 2.38 bits per heavy atom. The molecule has 0 spiro atoms. The Labute approximate surface area is 123 Å². The zero-order valence-corrected chi connectivity index (χ0v) is 12.6. The van der Waals surface area contributed by atoms with Crippen molar-refractivity contribution in [1.82, 2.24) is 0 Å². The smallest absolute Gasteiger partial charge is 0.416 e. The van der Waals surface area contributed by atoms with Crippen LogP contribution < -0.4 is 0 Å². The van der Waals surface area contributed by atoms with E-state index in [4.69, 9.17) is 0 Å². The molecule has 0 radical (unpaired) electrons. The second kappa shape index (κ2) is 7.34. The van der Waals surface area contributed by atoms with E-state index >= 15 is 0 Å². The first-order chi connectivity index (χ1) is 9.70. The van der Waals surface area contributed by atoms with E-state index in [2.05, 4.69) is 6.08 Å². The highest BCUT2D eigenvalue weighted by molar-refractivity contribution is 5.38. The van der Waals surface area contributed by atoms with Gasteiger partial charge in [-0.1, -0.05) is 23.3 Å². The van der Waals surface area contributed by atoms with Gasteiger partial charge in [-0.2, -0.15) is 13.2 Å². The number of phenolic OH excluding ortho intramolecular Hbond substituents is 1. The lowest BCUT2D eigenvalue weighted by atomic mass is 10.0. The summed E-state index contributed by atoms with van der Waals surface area (Å²) in [6, 6.07) is 3.00. The minimum Gasteiger partial charge on any atom is -0.508 e. The molecule has 0 saturated carbocycles. The number of halogens is 3. The van der Waals surface area contributed by atoms with Gasteiger partial charge in [-0.3, -0.25) is 0 Å². The van der Waals surface area contributed by atoms with Crippen molar-refractivity contribution in [2.24, 2.45) is 0 Å². The van der Waals surface area contributed by atoms with Gasteiger partial charge in [0, 0.05) is 0 Å². The maximum absolute atomic E-state index is 12.6. The number of aromatic hydroxyl groups is 1. The van der Waals surface area contributed by atoms with Crippen LogP contribution in [0.2, 0.25) is 0 Å². The van der Waals surface area contributed by atoms with E-state index in [1.807, 2.05) is 26.8 Å². The molecule has 0 aromatic heterocycles. The Morgan fingerprint density at radius 1 is 1.14 bits per heavy atom. The maximum atomic E-state index is 12.6. The molecule has 1 aromatic carbocycles. The van der Waals surface area contributed by atoms with Crippen LogP contribution in [0.25, 0.3) is 0 Å². The summed E-state index contributed by atoms with van der Waals surface area (Å²) in [5.41, 5.74) is 1.92. The van der Waals surface area contributed by atoms with E-state index in [1.165, 1.54) is 5.57 Å². The van der Waals surface area contributed by atoms with Crippen molar-refractivity contribution in [3.63, 3.8) is 0 Å². The first-order valence-corrected chi connectivity index (χ1v) is 6.88. The fraction of sp³-hybridized carbons (Fsp3) is 0.412. The van der Waals surface area contributed by atoms with E-state index in [0.29, 0.717) is 12.0 Å². The lowest BCUT2D eigenvalue weighted by Crippen LogP contribution is -2.05. The highest BCUT2D eigenvalue weighted by Crippen LogP contribution is 2.32. The molecule has 0 aliphatic carbocycles.